The van der Waals surface area contributed by atoms with Crippen LogP contribution in [-0.2, 0) is 10.1 Å². The summed E-state index contributed by atoms with van der Waals surface area (Å²) >= 11 is 0. The first-order valence-corrected chi connectivity index (χ1v) is 9.89. The third-order valence-electron chi connectivity index (χ3n) is 3.33. The summed E-state index contributed by atoms with van der Waals surface area (Å²) in [6.45, 7) is 11.8. The number of hydrogen-bond donors (Lipinski definition) is 0. The van der Waals surface area contributed by atoms with Crippen LogP contribution in [0.5, 0.6) is 0 Å². The molecule has 24 heavy (non-hydrogen) atoms. The molecule has 0 amide bonds. The topological polar surface area (TPSA) is 57.2 Å². The Morgan fingerprint density at radius 2 is 1.08 bits per heavy atom. The van der Waals surface area contributed by atoms with Crippen LogP contribution in [0.2, 0.25) is 0 Å². The van der Waals surface area contributed by atoms with Crippen molar-refractivity contribution in [2.24, 2.45) is 0 Å². The van der Waals surface area contributed by atoms with E-state index in [9.17, 15) is 13.0 Å². The molecule has 0 aliphatic carbocycles. The molecule has 0 spiro atoms. The minimum Gasteiger partial charge on any atom is -0.744 e. The third-order valence-corrected chi connectivity index (χ3v) is 4.30. The van der Waals surface area contributed by atoms with Gasteiger partial charge in [0.25, 0.3) is 0 Å². The average molecular weight is 358 g/mol. The molecule has 0 aromatic heterocycles. The van der Waals surface area contributed by atoms with Gasteiger partial charge in [-0.05, 0) is 34.4 Å². The number of benzene rings is 1. The second kappa shape index (κ2) is 8.45. The van der Waals surface area contributed by atoms with Crippen LogP contribution in [0.25, 0.3) is 0 Å². The molecule has 0 radical (unpaired) electrons. The van der Waals surface area contributed by atoms with Crippen molar-refractivity contribution in [1.82, 2.24) is 0 Å². The summed E-state index contributed by atoms with van der Waals surface area (Å²) in [5, 5.41) is 0. The molecule has 140 valence electrons. The Bertz CT molecular complexity index is 604. The zero-order chi connectivity index (χ0) is 19.5. The van der Waals surface area contributed by atoms with Crippen LogP contribution in [0.1, 0.15) is 76.0 Å². The molecule has 1 aromatic rings. The molecule has 0 atom stereocenters. The second-order valence-electron chi connectivity index (χ2n) is 8.63. The minimum absolute atomic E-state index is 0.00919. The Hall–Kier alpha value is -0.910. The molecule has 0 saturated heterocycles. The predicted octanol–water partition coefficient (Wildman–Crippen LogP) is 4.28. The van der Waals surface area contributed by atoms with Gasteiger partial charge in [0.2, 0.25) is 0 Å². The first-order valence-electron chi connectivity index (χ1n) is 8.48. The van der Waals surface area contributed by atoms with E-state index in [1.165, 1.54) is 0 Å². The van der Waals surface area contributed by atoms with Gasteiger partial charge in [-0.1, -0.05) is 53.7 Å². The first kappa shape index (κ1) is 23.1. The lowest BCUT2D eigenvalue weighted by Gasteiger charge is -2.24. The molecule has 5 heteroatoms. The largest absolute Gasteiger partial charge is 0.744 e. The number of nitrogens with zero attached hydrogens (tertiary/aromatic N) is 1. The zero-order valence-electron chi connectivity index (χ0n) is 17.0. The van der Waals surface area contributed by atoms with Crippen molar-refractivity contribution in [3.63, 3.8) is 0 Å². The molecule has 1 aromatic carbocycles. The molecule has 0 bridgehead atoms. The molecule has 0 heterocycles. The smallest absolute Gasteiger partial charge is 0.124 e. The van der Waals surface area contributed by atoms with Gasteiger partial charge in [-0.2, -0.15) is 0 Å². The predicted molar refractivity (Wildman–Crippen MR) is 101 cm³/mol. The van der Waals surface area contributed by atoms with E-state index in [4.69, 9.17) is 0 Å². The van der Waals surface area contributed by atoms with E-state index in [2.05, 4.69) is 42.0 Å². The zero-order valence-corrected chi connectivity index (χ0v) is 17.8. The molecule has 0 unspecified atom stereocenters. The highest BCUT2D eigenvalue weighted by Gasteiger charge is 2.20. The van der Waals surface area contributed by atoms with Crippen LogP contribution in [0.4, 0.5) is 0 Å². The summed E-state index contributed by atoms with van der Waals surface area (Å²) in [5.41, 5.74) is 2.37. The third kappa shape index (κ3) is 7.77. The van der Waals surface area contributed by atoms with E-state index in [-0.39, 0.29) is 16.7 Å². The average Bonchev–Trinajstić information content (AvgIpc) is 2.33. The number of hydrogen-bond acceptors (Lipinski definition) is 3. The lowest BCUT2D eigenvalue weighted by molar-refractivity contribution is -0.849. The molecule has 0 N–H and O–H groups in total. The van der Waals surface area contributed by atoms with Crippen molar-refractivity contribution in [3.05, 3.63) is 28.8 Å². The number of quaternary nitrogens is 1. The SMILES string of the molecule is CC(C)c1cc(C(C)C)c(S(=O)(=O)[O-])c(C(C)C)c1.C[N+](C)(C)C. The highest BCUT2D eigenvalue weighted by molar-refractivity contribution is 7.85. The van der Waals surface area contributed by atoms with Gasteiger partial charge >= 0.3 is 0 Å². The summed E-state index contributed by atoms with van der Waals surface area (Å²) in [7, 11) is 4.05. The minimum atomic E-state index is -4.45. The maximum absolute atomic E-state index is 11.6. The fraction of sp³-hybridized carbons (Fsp3) is 0.684. The molecule has 0 saturated carbocycles. The summed E-state index contributed by atoms with van der Waals surface area (Å²) in [6, 6.07) is 3.73. The van der Waals surface area contributed by atoms with Gasteiger partial charge in [0.1, 0.15) is 10.1 Å². The fourth-order valence-electron chi connectivity index (χ4n) is 2.18. The lowest BCUT2D eigenvalue weighted by Crippen LogP contribution is -2.27. The first-order chi connectivity index (χ1) is 10.6. The highest BCUT2D eigenvalue weighted by atomic mass is 32.2. The van der Waals surface area contributed by atoms with E-state index in [1.807, 2.05) is 39.8 Å². The standard InChI is InChI=1S/C15H24O3S.C4H12N/c1-9(2)12-7-13(10(3)4)15(19(16,17)18)14(8-12)11(5)6;1-5(2,3)4/h7-11H,1-6H3,(H,16,17,18);1-4H3/q;+1/p-1. The van der Waals surface area contributed by atoms with Gasteiger partial charge in [0, 0.05) is 0 Å². The van der Waals surface area contributed by atoms with Crippen molar-refractivity contribution in [1.29, 1.82) is 0 Å². The van der Waals surface area contributed by atoms with Crippen LogP contribution in [-0.4, -0.2) is 45.6 Å². The van der Waals surface area contributed by atoms with Crippen LogP contribution in [0, 0.1) is 0 Å². The molecular formula is C19H35NO3S. The van der Waals surface area contributed by atoms with Gasteiger partial charge in [0.05, 0.1) is 33.1 Å². The van der Waals surface area contributed by atoms with Gasteiger partial charge in [-0.3, -0.25) is 0 Å². The van der Waals surface area contributed by atoms with E-state index >= 15 is 0 Å². The number of rotatable bonds is 4. The Kier molecular flexibility index (Phi) is 8.13. The van der Waals surface area contributed by atoms with Crippen LogP contribution in [0.3, 0.4) is 0 Å². The van der Waals surface area contributed by atoms with Crippen LogP contribution in [0.15, 0.2) is 17.0 Å². The Balaban J connectivity index is 0.000000922. The van der Waals surface area contributed by atoms with Gasteiger partial charge in [-0.25, -0.2) is 8.42 Å². The summed E-state index contributed by atoms with van der Waals surface area (Å²) in [5.74, 6) is 0.322. The van der Waals surface area contributed by atoms with Gasteiger partial charge in [0.15, 0.2) is 0 Å². The van der Waals surface area contributed by atoms with Crippen LogP contribution >= 0.6 is 0 Å². The van der Waals surface area contributed by atoms with E-state index in [1.54, 1.807) is 0 Å². The Morgan fingerprint density at radius 3 is 1.25 bits per heavy atom. The molecule has 4 nitrogen and oxygen atoms in total. The lowest BCUT2D eigenvalue weighted by atomic mass is 9.89. The van der Waals surface area contributed by atoms with Crippen molar-refractivity contribution in [3.8, 4) is 0 Å². The van der Waals surface area contributed by atoms with Gasteiger partial charge in [-0.15, -0.1) is 0 Å². The summed E-state index contributed by atoms with van der Waals surface area (Å²) in [4.78, 5) is -0.0121. The van der Waals surface area contributed by atoms with Crippen molar-refractivity contribution < 1.29 is 17.5 Å². The van der Waals surface area contributed by atoms with E-state index in [0.29, 0.717) is 17.0 Å². The summed E-state index contributed by atoms with van der Waals surface area (Å²) < 4.78 is 35.8. The van der Waals surface area contributed by atoms with Crippen molar-refractivity contribution in [2.45, 2.75) is 64.2 Å². The molecule has 0 aliphatic rings. The molecule has 1 rings (SSSR count). The molecule has 0 fully saturated rings. The molecular weight excluding hydrogens is 322 g/mol. The normalized spacial score (nSPS) is 12.6. The Morgan fingerprint density at radius 1 is 0.792 bits per heavy atom. The maximum Gasteiger partial charge on any atom is 0.124 e. The van der Waals surface area contributed by atoms with E-state index in [0.717, 1.165) is 10.0 Å². The van der Waals surface area contributed by atoms with Crippen molar-refractivity contribution in [2.75, 3.05) is 28.2 Å². The highest BCUT2D eigenvalue weighted by Crippen LogP contribution is 2.34. The summed E-state index contributed by atoms with van der Waals surface area (Å²) in [6.07, 6.45) is 0. The quantitative estimate of drug-likeness (QED) is 0.597. The van der Waals surface area contributed by atoms with Gasteiger partial charge < -0.3 is 9.04 Å². The monoisotopic (exact) mass is 357 g/mol. The Labute approximate surface area is 149 Å². The van der Waals surface area contributed by atoms with Crippen molar-refractivity contribution >= 4 is 10.1 Å². The fourth-order valence-corrected chi connectivity index (χ4v) is 3.34. The second-order valence-corrected chi connectivity index (χ2v) is 9.95. The van der Waals surface area contributed by atoms with E-state index < -0.39 is 10.1 Å². The van der Waals surface area contributed by atoms with Crippen LogP contribution < -0.4 is 0 Å². The maximum atomic E-state index is 11.6. The molecule has 0 aliphatic heterocycles.